The van der Waals surface area contributed by atoms with Gasteiger partial charge in [-0.1, -0.05) is 45.4 Å². The molecule has 0 spiro atoms. The van der Waals surface area contributed by atoms with Gasteiger partial charge in [-0.05, 0) is 71.5 Å². The van der Waals surface area contributed by atoms with Gasteiger partial charge in [0.25, 0.3) is 11.8 Å². The fourth-order valence-corrected chi connectivity index (χ4v) is 4.84. The molecule has 1 heterocycles. The number of benzene rings is 3. The molecule has 0 radical (unpaired) electrons. The number of nitrogens with zero attached hydrogens (tertiary/aromatic N) is 1. The van der Waals surface area contributed by atoms with Gasteiger partial charge in [0.15, 0.2) is 0 Å². The fourth-order valence-electron chi connectivity index (χ4n) is 4.84. The smallest absolute Gasteiger partial charge is 0.417 e. The van der Waals surface area contributed by atoms with E-state index in [9.17, 15) is 32.7 Å². The molecule has 10 heteroatoms. The molecule has 1 aliphatic rings. The minimum atomic E-state index is -4.76. The molecule has 2 amide bonds. The van der Waals surface area contributed by atoms with Crippen molar-refractivity contribution in [3.05, 3.63) is 82.9 Å². The van der Waals surface area contributed by atoms with Gasteiger partial charge in [-0.3, -0.25) is 9.59 Å². The first-order valence-corrected chi connectivity index (χ1v) is 13.3. The molecule has 3 aromatic rings. The Labute approximate surface area is 235 Å². The van der Waals surface area contributed by atoms with E-state index >= 15 is 0 Å². The Morgan fingerprint density at radius 2 is 1.73 bits per heavy atom. The number of fused-ring (bicyclic) bond motifs is 1. The maximum Gasteiger partial charge on any atom is 0.417 e. The average molecular weight is 569 g/mol. The highest BCUT2D eigenvalue weighted by molar-refractivity contribution is 6.05. The first-order valence-electron chi connectivity index (χ1n) is 13.3. The quantitative estimate of drug-likeness (QED) is 0.260. The normalized spacial score (nSPS) is 13.7. The molecule has 0 bridgehead atoms. The van der Waals surface area contributed by atoms with Gasteiger partial charge in [-0.2, -0.15) is 13.2 Å². The van der Waals surface area contributed by atoms with E-state index in [-0.39, 0.29) is 40.4 Å². The summed E-state index contributed by atoms with van der Waals surface area (Å²) in [7, 11) is 0. The largest absolute Gasteiger partial charge is 0.494 e. The number of unbranched alkanes of at least 4 members (excludes halogenated alkanes) is 1. The molecule has 1 aliphatic heterocycles. The van der Waals surface area contributed by atoms with Crippen molar-refractivity contribution in [1.29, 1.82) is 0 Å². The number of anilines is 1. The summed E-state index contributed by atoms with van der Waals surface area (Å²) in [5, 5.41) is 12.1. The molecule has 0 aromatic heterocycles. The third kappa shape index (κ3) is 6.53. The number of aliphatic carboxylic acids is 1. The van der Waals surface area contributed by atoms with E-state index in [0.717, 1.165) is 18.9 Å². The third-order valence-electron chi connectivity index (χ3n) is 6.94. The lowest BCUT2D eigenvalue weighted by Crippen LogP contribution is -2.44. The summed E-state index contributed by atoms with van der Waals surface area (Å²) in [6.07, 6.45) is -2.88. The molecule has 1 atom stereocenters. The molecular formula is C31H31F3N2O5. The van der Waals surface area contributed by atoms with Gasteiger partial charge in [0, 0.05) is 23.4 Å². The third-order valence-corrected chi connectivity index (χ3v) is 6.94. The molecule has 2 N–H and O–H groups in total. The van der Waals surface area contributed by atoms with Crippen molar-refractivity contribution in [3.8, 4) is 16.9 Å². The van der Waals surface area contributed by atoms with Crippen molar-refractivity contribution < 1.29 is 37.4 Å². The van der Waals surface area contributed by atoms with E-state index in [4.69, 9.17) is 4.74 Å². The second-order valence-corrected chi connectivity index (χ2v) is 10.3. The number of carbonyl (C=O) groups is 3. The van der Waals surface area contributed by atoms with Crippen LogP contribution in [0.5, 0.6) is 5.75 Å². The van der Waals surface area contributed by atoms with E-state index in [1.165, 1.54) is 41.3 Å². The number of ether oxygens (including phenoxy) is 1. The number of hydrogen-bond donors (Lipinski definition) is 2. The summed E-state index contributed by atoms with van der Waals surface area (Å²) in [6.45, 7) is 6.03. The number of amides is 2. The zero-order chi connectivity index (χ0) is 29.9. The highest BCUT2D eigenvalue weighted by Gasteiger charge is 2.39. The van der Waals surface area contributed by atoms with Gasteiger partial charge in [0.1, 0.15) is 11.8 Å². The molecule has 0 saturated carbocycles. The summed E-state index contributed by atoms with van der Waals surface area (Å²) in [5.74, 6) is -2.02. The minimum absolute atomic E-state index is 0.0426. The number of alkyl halides is 3. The molecule has 41 heavy (non-hydrogen) atoms. The molecule has 216 valence electrons. The van der Waals surface area contributed by atoms with Crippen LogP contribution in [0, 0.1) is 5.92 Å². The highest BCUT2D eigenvalue weighted by atomic mass is 19.4. The van der Waals surface area contributed by atoms with E-state index in [1.807, 2.05) is 6.92 Å². The number of nitrogens with one attached hydrogen (secondary N) is 1. The van der Waals surface area contributed by atoms with Crippen molar-refractivity contribution in [2.24, 2.45) is 5.92 Å². The first kappa shape index (κ1) is 29.6. The molecule has 3 aromatic carbocycles. The number of carbonyl (C=O) groups excluding carboxylic acids is 2. The van der Waals surface area contributed by atoms with E-state index in [1.54, 1.807) is 32.0 Å². The molecule has 4 rings (SSSR count). The van der Waals surface area contributed by atoms with Crippen LogP contribution in [-0.4, -0.2) is 40.4 Å². The van der Waals surface area contributed by atoms with Gasteiger partial charge in [0.05, 0.1) is 12.2 Å². The molecule has 1 unspecified atom stereocenters. The Bertz CT molecular complexity index is 1450. The number of hydrogen-bond acceptors (Lipinski definition) is 4. The molecule has 0 saturated heterocycles. The summed E-state index contributed by atoms with van der Waals surface area (Å²) in [4.78, 5) is 38.8. The topological polar surface area (TPSA) is 95.9 Å². The molecule has 0 aliphatic carbocycles. The predicted octanol–water partition coefficient (Wildman–Crippen LogP) is 6.87. The van der Waals surface area contributed by atoms with E-state index < -0.39 is 35.6 Å². The second kappa shape index (κ2) is 12.0. The summed E-state index contributed by atoms with van der Waals surface area (Å²) < 4.78 is 48.1. The Hall–Kier alpha value is -4.34. The van der Waals surface area contributed by atoms with Crippen molar-refractivity contribution in [3.63, 3.8) is 0 Å². The number of halogens is 3. The standard InChI is InChI=1S/C31H31F3N2O5/c1-4-5-14-41-23-11-8-19(9-12-23)28(37)35-22-10-13-24(26(16-22)31(32,33)34)20-6-7-21-17-36(29(38)25(21)15-20)27(18(2)3)30(39)40/h6-13,15-16,18,27H,4-5,14,17H2,1-3H3,(H,35,37)(H,39,40). The van der Waals surface area contributed by atoms with Crippen LogP contribution in [0.4, 0.5) is 18.9 Å². The Balaban J connectivity index is 1.58. The van der Waals surface area contributed by atoms with Crippen molar-refractivity contribution >= 4 is 23.5 Å². The van der Waals surface area contributed by atoms with Gasteiger partial charge in [0.2, 0.25) is 0 Å². The lowest BCUT2D eigenvalue weighted by molar-refractivity contribution is -0.144. The minimum Gasteiger partial charge on any atom is -0.494 e. The number of carboxylic acids is 1. The molecular weight excluding hydrogens is 537 g/mol. The van der Waals surface area contributed by atoms with Gasteiger partial charge in [-0.15, -0.1) is 0 Å². The maximum atomic E-state index is 14.2. The maximum absolute atomic E-state index is 14.2. The van der Waals surface area contributed by atoms with E-state index in [2.05, 4.69) is 5.32 Å². The monoisotopic (exact) mass is 568 g/mol. The average Bonchev–Trinajstić information content (AvgIpc) is 3.23. The Kier molecular flexibility index (Phi) is 8.70. The predicted molar refractivity (Wildman–Crippen MR) is 148 cm³/mol. The van der Waals surface area contributed by atoms with Crippen molar-refractivity contribution in [2.75, 3.05) is 11.9 Å². The second-order valence-electron chi connectivity index (χ2n) is 10.3. The fraction of sp³-hybridized carbons (Fsp3) is 0.323. The van der Waals surface area contributed by atoms with Crippen LogP contribution in [0.2, 0.25) is 0 Å². The van der Waals surface area contributed by atoms with Crippen LogP contribution in [0.1, 0.15) is 65.5 Å². The van der Waals surface area contributed by atoms with Crippen LogP contribution < -0.4 is 10.1 Å². The Morgan fingerprint density at radius 3 is 2.34 bits per heavy atom. The first-order chi connectivity index (χ1) is 19.4. The van der Waals surface area contributed by atoms with Gasteiger partial charge in [-0.25, -0.2) is 4.79 Å². The van der Waals surface area contributed by atoms with Crippen LogP contribution in [0.25, 0.3) is 11.1 Å². The lowest BCUT2D eigenvalue weighted by Gasteiger charge is -2.27. The van der Waals surface area contributed by atoms with Crippen LogP contribution in [0.3, 0.4) is 0 Å². The lowest BCUT2D eigenvalue weighted by atomic mass is 9.95. The van der Waals surface area contributed by atoms with Crippen LogP contribution >= 0.6 is 0 Å². The highest BCUT2D eigenvalue weighted by Crippen LogP contribution is 2.40. The molecule has 0 fully saturated rings. The van der Waals surface area contributed by atoms with Gasteiger partial charge >= 0.3 is 12.1 Å². The zero-order valence-electron chi connectivity index (χ0n) is 22.9. The van der Waals surface area contributed by atoms with Crippen LogP contribution in [-0.2, 0) is 17.5 Å². The SMILES string of the molecule is CCCCOc1ccc(C(=O)Nc2ccc(-c3ccc4c(c3)C(=O)N(C(C(=O)O)C(C)C)C4)c(C(F)(F)F)c2)cc1. The van der Waals surface area contributed by atoms with Crippen molar-refractivity contribution in [1.82, 2.24) is 4.90 Å². The number of carboxylic acid groups (broad SMARTS) is 1. The summed E-state index contributed by atoms with van der Waals surface area (Å²) >= 11 is 0. The van der Waals surface area contributed by atoms with Crippen molar-refractivity contribution in [2.45, 2.75) is 52.4 Å². The van der Waals surface area contributed by atoms with E-state index in [0.29, 0.717) is 17.9 Å². The van der Waals surface area contributed by atoms with Crippen LogP contribution in [0.15, 0.2) is 60.7 Å². The Morgan fingerprint density at radius 1 is 1.02 bits per heavy atom. The van der Waals surface area contributed by atoms with Gasteiger partial charge < -0.3 is 20.1 Å². The molecule has 7 nitrogen and oxygen atoms in total. The summed E-state index contributed by atoms with van der Waals surface area (Å²) in [5.41, 5.74) is -0.0713. The number of rotatable bonds is 10. The zero-order valence-corrected chi connectivity index (χ0v) is 22.9. The summed E-state index contributed by atoms with van der Waals surface area (Å²) in [6, 6.07) is 13.1.